The molecule has 103 valence electrons. The van der Waals surface area contributed by atoms with Crippen LogP contribution in [0, 0.1) is 11.3 Å². The van der Waals surface area contributed by atoms with E-state index in [1.165, 1.54) is 0 Å². The Hall–Kier alpha value is -0.346. The third-order valence-electron chi connectivity index (χ3n) is 4.40. The van der Waals surface area contributed by atoms with Gasteiger partial charge in [0, 0.05) is 0 Å². The van der Waals surface area contributed by atoms with Gasteiger partial charge in [0.15, 0.2) is 0 Å². The maximum atomic E-state index is 11.0. The Kier molecular flexibility index (Phi) is 5.01. The predicted molar refractivity (Wildman–Crippen MR) is 68.8 cm³/mol. The van der Waals surface area contributed by atoms with E-state index in [0.717, 1.165) is 25.7 Å². The molecule has 18 heavy (non-hydrogen) atoms. The van der Waals surface area contributed by atoms with E-state index in [-0.39, 0.29) is 15.3 Å². The van der Waals surface area contributed by atoms with Crippen LogP contribution in [0.2, 0.25) is 10.5 Å². The molecule has 4 nitrogen and oxygen atoms in total. The summed E-state index contributed by atoms with van der Waals surface area (Å²) in [6.07, 6.45) is 3.62. The van der Waals surface area contributed by atoms with E-state index in [0.29, 0.717) is 5.92 Å². The number of carbonyl (C=O) groups is 2. The summed E-state index contributed by atoms with van der Waals surface area (Å²) in [6, 6.07) is 0.154. The van der Waals surface area contributed by atoms with Crippen LogP contribution < -0.4 is 10.6 Å². The van der Waals surface area contributed by atoms with E-state index in [4.69, 9.17) is 0 Å². The average molecular weight is 289 g/mol. The Bertz CT molecular complexity index is 320. The summed E-state index contributed by atoms with van der Waals surface area (Å²) in [5.41, 5.74) is 0.146. The monoisotopic (exact) mass is 289 g/mol. The molecule has 2 N–H and O–H groups in total. The minimum atomic E-state index is -1.39. The molecule has 0 heterocycles. The average Bonchev–Trinajstić information content (AvgIpc) is 2.24. The van der Waals surface area contributed by atoms with Crippen LogP contribution in [0.15, 0.2) is 0 Å². The Labute approximate surface area is 116 Å². The van der Waals surface area contributed by atoms with Crippen LogP contribution in [0.25, 0.3) is 0 Å². The SMILES string of the molecule is CC1C(NC=O)CC(C)(C)C[C]1(NC=O)[Ti]([CH3])[CH3]. The molecule has 5 heteroatoms. The number of rotatable bonds is 5. The van der Waals surface area contributed by atoms with Gasteiger partial charge in [0.25, 0.3) is 0 Å². The van der Waals surface area contributed by atoms with Gasteiger partial charge in [0.2, 0.25) is 0 Å². The Balaban J connectivity index is 3.12. The molecule has 0 aromatic carbocycles. The predicted octanol–water partition coefficient (Wildman–Crippen LogP) is 1.71. The van der Waals surface area contributed by atoms with E-state index >= 15 is 0 Å². The molecule has 0 aliphatic heterocycles. The summed E-state index contributed by atoms with van der Waals surface area (Å²) in [6.45, 7) is 6.61. The first-order chi connectivity index (χ1) is 8.29. The van der Waals surface area contributed by atoms with Crippen molar-refractivity contribution in [1.29, 1.82) is 0 Å². The van der Waals surface area contributed by atoms with Gasteiger partial charge in [-0.15, -0.1) is 0 Å². The van der Waals surface area contributed by atoms with Crippen molar-refractivity contribution in [3.05, 3.63) is 0 Å². The summed E-state index contributed by atoms with van der Waals surface area (Å²) in [5, 5.41) is 10.7. The van der Waals surface area contributed by atoms with Crippen LogP contribution in [0.4, 0.5) is 0 Å². The zero-order valence-electron chi connectivity index (χ0n) is 12.0. The Morgan fingerprint density at radius 3 is 2.28 bits per heavy atom. The first kappa shape index (κ1) is 15.7. The van der Waals surface area contributed by atoms with Crippen molar-refractivity contribution in [3.8, 4) is 0 Å². The van der Waals surface area contributed by atoms with Gasteiger partial charge in [-0.05, 0) is 0 Å². The summed E-state index contributed by atoms with van der Waals surface area (Å²) >= 11 is -1.39. The van der Waals surface area contributed by atoms with Crippen molar-refractivity contribution in [2.45, 2.75) is 54.0 Å². The Morgan fingerprint density at radius 2 is 1.83 bits per heavy atom. The van der Waals surface area contributed by atoms with Gasteiger partial charge in [0.1, 0.15) is 0 Å². The summed E-state index contributed by atoms with van der Waals surface area (Å²) in [5.74, 6) is 0.297. The van der Waals surface area contributed by atoms with E-state index in [2.05, 4.69) is 41.9 Å². The van der Waals surface area contributed by atoms with Crippen molar-refractivity contribution >= 4 is 12.8 Å². The number of carbonyl (C=O) groups excluding carboxylic acids is 2. The second kappa shape index (κ2) is 5.74. The molecule has 0 radical (unpaired) electrons. The molecule has 1 aliphatic rings. The quantitative estimate of drug-likeness (QED) is 0.598. The van der Waals surface area contributed by atoms with Gasteiger partial charge in [-0.25, -0.2) is 0 Å². The molecule has 3 atom stereocenters. The molecule has 0 spiro atoms. The van der Waals surface area contributed by atoms with Crippen molar-refractivity contribution in [1.82, 2.24) is 10.6 Å². The second-order valence-electron chi connectivity index (χ2n) is 6.46. The molecule has 1 saturated carbocycles. The molecule has 2 amide bonds. The molecular weight excluding hydrogens is 264 g/mol. The Morgan fingerprint density at radius 1 is 1.22 bits per heavy atom. The van der Waals surface area contributed by atoms with E-state index < -0.39 is 17.9 Å². The molecular formula is C13H25N2O2Ti. The van der Waals surface area contributed by atoms with E-state index in [1.54, 1.807) is 0 Å². The molecule has 1 rings (SSSR count). The second-order valence-corrected chi connectivity index (χ2v) is 11.0. The topological polar surface area (TPSA) is 58.2 Å². The van der Waals surface area contributed by atoms with Gasteiger partial charge in [-0.1, -0.05) is 0 Å². The molecule has 3 unspecified atom stereocenters. The maximum absolute atomic E-state index is 11.0. The van der Waals surface area contributed by atoms with Crippen molar-refractivity contribution in [3.63, 3.8) is 0 Å². The van der Waals surface area contributed by atoms with Crippen LogP contribution in [0.3, 0.4) is 0 Å². The van der Waals surface area contributed by atoms with E-state index in [9.17, 15) is 9.59 Å². The zero-order valence-corrected chi connectivity index (χ0v) is 13.6. The van der Waals surface area contributed by atoms with Gasteiger partial charge in [0.05, 0.1) is 0 Å². The van der Waals surface area contributed by atoms with Crippen LogP contribution in [-0.2, 0) is 27.5 Å². The summed E-state index contributed by atoms with van der Waals surface area (Å²) < 4.78 is -0.0792. The van der Waals surface area contributed by atoms with Gasteiger partial charge in [-0.3, -0.25) is 0 Å². The van der Waals surface area contributed by atoms with E-state index in [1.807, 2.05) is 0 Å². The minimum absolute atomic E-state index is 0.0792. The van der Waals surface area contributed by atoms with Crippen molar-refractivity contribution < 1.29 is 27.5 Å². The number of hydrogen-bond acceptors (Lipinski definition) is 2. The van der Waals surface area contributed by atoms with Gasteiger partial charge in [-0.2, -0.15) is 0 Å². The fraction of sp³-hybridized carbons (Fsp3) is 0.846. The van der Waals surface area contributed by atoms with Gasteiger partial charge >= 0.3 is 116 Å². The normalized spacial score (nSPS) is 34.5. The zero-order chi connectivity index (χ0) is 14.0. The molecule has 0 bridgehead atoms. The summed E-state index contributed by atoms with van der Waals surface area (Å²) in [7, 11) is 0. The fourth-order valence-electron chi connectivity index (χ4n) is 3.46. The first-order valence-corrected chi connectivity index (χ1v) is 10.4. The fourth-order valence-corrected chi connectivity index (χ4v) is 7.04. The van der Waals surface area contributed by atoms with Crippen molar-refractivity contribution in [2.75, 3.05) is 0 Å². The van der Waals surface area contributed by atoms with Crippen LogP contribution in [0.5, 0.6) is 0 Å². The first-order valence-electron chi connectivity index (χ1n) is 6.51. The number of nitrogens with one attached hydrogen (secondary N) is 2. The number of amides is 2. The molecule has 0 aromatic heterocycles. The molecule has 1 aliphatic carbocycles. The molecule has 1 fully saturated rings. The molecule has 0 aromatic rings. The van der Waals surface area contributed by atoms with Crippen LogP contribution in [-0.4, -0.2) is 22.7 Å². The van der Waals surface area contributed by atoms with Gasteiger partial charge < -0.3 is 0 Å². The van der Waals surface area contributed by atoms with Crippen molar-refractivity contribution in [2.24, 2.45) is 11.3 Å². The van der Waals surface area contributed by atoms with Crippen LogP contribution >= 0.6 is 0 Å². The standard InChI is InChI=1S/C11H19N2O2.2CH3.Ti/c1-8-9(12-6-14)4-11(2,3)5-10(8)13-7-15;;;/h6-9H,4-5H2,1-3H3,(H,12,14)(H,13,15);2*1H3;. The number of hydrogen-bond donors (Lipinski definition) is 2. The third-order valence-corrected chi connectivity index (χ3v) is 8.40. The van der Waals surface area contributed by atoms with Crippen LogP contribution in [0.1, 0.15) is 33.6 Å². The molecule has 0 saturated heterocycles. The third kappa shape index (κ3) is 2.97. The summed E-state index contributed by atoms with van der Waals surface area (Å²) in [4.78, 5) is 21.8.